The van der Waals surface area contributed by atoms with E-state index in [9.17, 15) is 8.78 Å². The third-order valence-corrected chi connectivity index (χ3v) is 3.39. The van der Waals surface area contributed by atoms with Gasteiger partial charge in [-0.25, -0.2) is 13.5 Å². The number of hydrogen-bond donors (Lipinski definition) is 2. The molecule has 0 aliphatic carbocycles. The predicted octanol–water partition coefficient (Wildman–Crippen LogP) is 2.91. The number of rotatable bonds is 5. The van der Waals surface area contributed by atoms with E-state index >= 15 is 0 Å². The molecule has 3 rings (SSSR count). The fraction of sp³-hybridized carbons (Fsp3) is 0.286. The Morgan fingerprint density at radius 2 is 2.00 bits per heavy atom. The summed E-state index contributed by atoms with van der Waals surface area (Å²) in [6.45, 7) is 0.516. The number of nitrogens with zero attached hydrogens (tertiary/aromatic N) is 3. The van der Waals surface area contributed by atoms with Crippen molar-refractivity contribution in [1.29, 1.82) is 0 Å². The van der Waals surface area contributed by atoms with Gasteiger partial charge in [0, 0.05) is 6.54 Å². The average molecular weight is 291 g/mol. The van der Waals surface area contributed by atoms with Crippen molar-refractivity contribution >= 4 is 16.9 Å². The minimum absolute atomic E-state index is 0.134. The molecular formula is C14H15F2N5. The largest absolute Gasteiger partial charge is 0.383 e. The van der Waals surface area contributed by atoms with Gasteiger partial charge in [0.2, 0.25) is 0 Å². The van der Waals surface area contributed by atoms with E-state index in [-0.39, 0.29) is 16.9 Å². The number of alkyl halides is 2. The fourth-order valence-electron chi connectivity index (χ4n) is 2.40. The van der Waals surface area contributed by atoms with Crippen LogP contribution in [0.4, 0.5) is 14.6 Å². The summed E-state index contributed by atoms with van der Waals surface area (Å²) in [4.78, 5) is 0. The van der Waals surface area contributed by atoms with E-state index in [0.29, 0.717) is 12.2 Å². The molecule has 5 nitrogen and oxygen atoms in total. The number of aromatic nitrogens is 4. The van der Waals surface area contributed by atoms with Crippen LogP contribution in [0.5, 0.6) is 0 Å². The highest BCUT2D eigenvalue weighted by atomic mass is 19.3. The minimum atomic E-state index is -2.66. The quantitative estimate of drug-likeness (QED) is 0.759. The van der Waals surface area contributed by atoms with Crippen LogP contribution < -0.4 is 5.73 Å². The molecule has 0 aliphatic rings. The van der Waals surface area contributed by atoms with E-state index in [1.165, 1.54) is 10.2 Å². The van der Waals surface area contributed by atoms with Crippen LogP contribution in [0, 0.1) is 0 Å². The number of nitrogen functional groups attached to an aromatic ring is 1. The lowest BCUT2D eigenvalue weighted by molar-refractivity contribution is 0.146. The Hall–Kier alpha value is -2.44. The summed E-state index contributed by atoms with van der Waals surface area (Å²) in [5.41, 5.74) is 6.92. The topological polar surface area (TPSA) is 72.5 Å². The van der Waals surface area contributed by atoms with Gasteiger partial charge in [-0.05, 0) is 18.4 Å². The normalized spacial score (nSPS) is 11.6. The molecule has 0 fully saturated rings. The monoisotopic (exact) mass is 291 g/mol. The molecule has 0 amide bonds. The van der Waals surface area contributed by atoms with Crippen LogP contribution in [0.25, 0.3) is 11.0 Å². The maximum Gasteiger partial charge on any atom is 0.282 e. The van der Waals surface area contributed by atoms with E-state index in [1.807, 2.05) is 30.3 Å². The van der Waals surface area contributed by atoms with Crippen molar-refractivity contribution in [3.63, 3.8) is 0 Å². The van der Waals surface area contributed by atoms with Gasteiger partial charge in [0.05, 0.1) is 5.39 Å². The van der Waals surface area contributed by atoms with Crippen LogP contribution in [0.1, 0.15) is 24.1 Å². The second-order valence-electron chi connectivity index (χ2n) is 4.83. The molecule has 0 radical (unpaired) electrons. The van der Waals surface area contributed by atoms with Crippen LogP contribution >= 0.6 is 0 Å². The Bertz CT molecular complexity index is 732. The minimum Gasteiger partial charge on any atom is -0.383 e. The molecule has 110 valence electrons. The van der Waals surface area contributed by atoms with Crippen molar-refractivity contribution in [3.8, 4) is 0 Å². The molecule has 2 aromatic heterocycles. The number of nitrogens with one attached hydrogen (secondary N) is 1. The van der Waals surface area contributed by atoms with Crippen LogP contribution in [0.3, 0.4) is 0 Å². The molecule has 21 heavy (non-hydrogen) atoms. The van der Waals surface area contributed by atoms with Gasteiger partial charge >= 0.3 is 0 Å². The number of aryl methyl sites for hydroxylation is 2. The van der Waals surface area contributed by atoms with Crippen molar-refractivity contribution in [1.82, 2.24) is 20.0 Å². The van der Waals surface area contributed by atoms with Crippen molar-refractivity contribution in [3.05, 3.63) is 41.6 Å². The van der Waals surface area contributed by atoms with E-state index in [0.717, 1.165) is 12.8 Å². The number of halogens is 2. The Kier molecular flexibility index (Phi) is 3.55. The summed E-state index contributed by atoms with van der Waals surface area (Å²) >= 11 is 0. The van der Waals surface area contributed by atoms with Gasteiger partial charge in [0.15, 0.2) is 5.65 Å². The highest BCUT2D eigenvalue weighted by molar-refractivity contribution is 5.89. The molecule has 0 aliphatic heterocycles. The summed E-state index contributed by atoms with van der Waals surface area (Å²) in [7, 11) is 0. The average Bonchev–Trinajstić information content (AvgIpc) is 3.02. The molecular weight excluding hydrogens is 276 g/mol. The number of nitrogens with two attached hydrogens (primary N) is 1. The molecule has 2 heterocycles. The van der Waals surface area contributed by atoms with Crippen LogP contribution in [0.2, 0.25) is 0 Å². The van der Waals surface area contributed by atoms with Crippen LogP contribution in [0.15, 0.2) is 30.3 Å². The van der Waals surface area contributed by atoms with Gasteiger partial charge < -0.3 is 5.73 Å². The van der Waals surface area contributed by atoms with Crippen LogP contribution in [-0.4, -0.2) is 20.0 Å². The molecule has 0 saturated carbocycles. The summed E-state index contributed by atoms with van der Waals surface area (Å²) in [5, 5.41) is 10.7. The molecule has 1 aromatic carbocycles. The van der Waals surface area contributed by atoms with Gasteiger partial charge in [-0.3, -0.25) is 5.10 Å². The fourth-order valence-corrected chi connectivity index (χ4v) is 2.40. The number of H-pyrrole nitrogens is 1. The van der Waals surface area contributed by atoms with Gasteiger partial charge in [-0.1, -0.05) is 30.3 Å². The number of aromatic amines is 1. The predicted molar refractivity (Wildman–Crippen MR) is 76.0 cm³/mol. The first-order chi connectivity index (χ1) is 10.2. The zero-order valence-corrected chi connectivity index (χ0v) is 11.3. The summed E-state index contributed by atoms with van der Waals surface area (Å²) in [5.74, 6) is 0.134. The first kappa shape index (κ1) is 13.5. The maximum atomic E-state index is 13.0. The van der Waals surface area contributed by atoms with Gasteiger partial charge in [0.25, 0.3) is 6.43 Å². The molecule has 0 unspecified atom stereocenters. The lowest BCUT2D eigenvalue weighted by Gasteiger charge is -2.02. The first-order valence-corrected chi connectivity index (χ1v) is 6.69. The lowest BCUT2D eigenvalue weighted by Crippen LogP contribution is -2.03. The highest BCUT2D eigenvalue weighted by Crippen LogP contribution is 2.29. The summed E-state index contributed by atoms with van der Waals surface area (Å²) in [6, 6.07) is 9.99. The second-order valence-corrected chi connectivity index (χ2v) is 4.83. The number of anilines is 1. The zero-order valence-electron chi connectivity index (χ0n) is 11.3. The zero-order chi connectivity index (χ0) is 14.8. The molecule has 7 heteroatoms. The third kappa shape index (κ3) is 2.58. The molecule has 0 atom stereocenters. The standard InChI is InChI=1S/C14H15F2N5/c15-12(16)11-10-13(17)18-19-14(10)21(20-11)8-4-7-9-5-2-1-3-6-9/h1-3,5-6,12H,4,7-8H2,(H3,17,18,19). The van der Waals surface area contributed by atoms with Gasteiger partial charge in [0.1, 0.15) is 11.5 Å². The highest BCUT2D eigenvalue weighted by Gasteiger charge is 2.22. The molecule has 3 N–H and O–H groups in total. The van der Waals surface area contributed by atoms with E-state index in [2.05, 4.69) is 15.3 Å². The third-order valence-electron chi connectivity index (χ3n) is 3.39. The molecule has 0 bridgehead atoms. The Balaban J connectivity index is 1.78. The number of fused-ring (bicyclic) bond motifs is 1. The molecule has 3 aromatic rings. The van der Waals surface area contributed by atoms with Crippen molar-refractivity contribution in [2.45, 2.75) is 25.8 Å². The Morgan fingerprint density at radius 3 is 2.71 bits per heavy atom. The first-order valence-electron chi connectivity index (χ1n) is 6.69. The smallest absolute Gasteiger partial charge is 0.282 e. The van der Waals surface area contributed by atoms with Gasteiger partial charge in [-0.2, -0.15) is 10.2 Å². The van der Waals surface area contributed by atoms with Crippen molar-refractivity contribution in [2.24, 2.45) is 0 Å². The van der Waals surface area contributed by atoms with Crippen molar-refractivity contribution in [2.75, 3.05) is 5.73 Å². The summed E-state index contributed by atoms with van der Waals surface area (Å²) < 4.78 is 27.5. The van der Waals surface area contributed by atoms with E-state index in [1.54, 1.807) is 0 Å². The van der Waals surface area contributed by atoms with Crippen molar-refractivity contribution < 1.29 is 8.78 Å². The van der Waals surface area contributed by atoms with E-state index < -0.39 is 6.43 Å². The van der Waals surface area contributed by atoms with Crippen LogP contribution in [-0.2, 0) is 13.0 Å². The second kappa shape index (κ2) is 5.51. The Labute approximate surface area is 119 Å². The van der Waals surface area contributed by atoms with Gasteiger partial charge in [-0.15, -0.1) is 0 Å². The van der Waals surface area contributed by atoms with E-state index in [4.69, 9.17) is 5.73 Å². The lowest BCUT2D eigenvalue weighted by atomic mass is 10.1. The number of hydrogen-bond acceptors (Lipinski definition) is 3. The maximum absolute atomic E-state index is 13.0. The Morgan fingerprint density at radius 1 is 1.24 bits per heavy atom. The summed E-state index contributed by atoms with van der Waals surface area (Å²) in [6.07, 6.45) is -1.02. The number of benzene rings is 1. The molecule has 0 saturated heterocycles. The molecule has 0 spiro atoms. The SMILES string of the molecule is Nc1[nH]nc2c1c(C(F)F)nn2CCCc1ccccc1.